The Bertz CT molecular complexity index is 499. The van der Waals surface area contributed by atoms with Gasteiger partial charge in [0.2, 0.25) is 0 Å². The van der Waals surface area contributed by atoms with E-state index in [-0.39, 0.29) is 24.4 Å². The Hall–Kier alpha value is -1.56. The van der Waals surface area contributed by atoms with Gasteiger partial charge in [-0.25, -0.2) is 13.2 Å². The van der Waals surface area contributed by atoms with Gasteiger partial charge in [0.1, 0.15) is 5.82 Å². The van der Waals surface area contributed by atoms with Crippen molar-refractivity contribution >= 4 is 5.97 Å². The molecule has 0 unspecified atom stereocenters. The number of hydrogen-bond donors (Lipinski definition) is 1. The molecular weight excluding hydrogens is 271 g/mol. The number of benzene rings is 1. The highest BCUT2D eigenvalue weighted by molar-refractivity contribution is 5.67. The number of nitrogens with zero attached hydrogens (tertiary/aromatic N) is 1. The van der Waals surface area contributed by atoms with E-state index in [2.05, 4.69) is 0 Å². The van der Waals surface area contributed by atoms with Crippen LogP contribution in [0.5, 0.6) is 0 Å². The van der Waals surface area contributed by atoms with Crippen molar-refractivity contribution in [2.24, 2.45) is 5.92 Å². The molecule has 1 heterocycles. The van der Waals surface area contributed by atoms with Crippen molar-refractivity contribution in [1.82, 2.24) is 4.90 Å². The van der Waals surface area contributed by atoms with Gasteiger partial charge in [0.25, 0.3) is 0 Å². The number of carboxylic acid groups (broad SMARTS) is 1. The Labute approximate surface area is 115 Å². The number of hydrogen-bond acceptors (Lipinski definition) is 2. The van der Waals surface area contributed by atoms with Gasteiger partial charge in [-0.1, -0.05) is 0 Å². The third-order valence-corrected chi connectivity index (χ3v) is 3.65. The SMILES string of the molecule is O=C(O)CC1CCN(Cc2cc(F)c(F)cc2F)CC1. The molecule has 0 amide bonds. The normalized spacial score (nSPS) is 17.4. The lowest BCUT2D eigenvalue weighted by Crippen LogP contribution is -2.34. The Balaban J connectivity index is 1.93. The molecule has 1 N–H and O–H groups in total. The third-order valence-electron chi connectivity index (χ3n) is 3.65. The lowest BCUT2D eigenvalue weighted by molar-refractivity contribution is -0.138. The zero-order valence-electron chi connectivity index (χ0n) is 10.9. The predicted octanol–water partition coefficient (Wildman–Crippen LogP) is 2.79. The molecule has 0 radical (unpaired) electrons. The van der Waals surface area contributed by atoms with E-state index >= 15 is 0 Å². The molecule has 1 aromatic rings. The molecule has 1 saturated heterocycles. The number of carboxylic acids is 1. The molecule has 110 valence electrons. The smallest absolute Gasteiger partial charge is 0.303 e. The van der Waals surface area contributed by atoms with Crippen LogP contribution in [0.25, 0.3) is 0 Å². The molecule has 1 fully saturated rings. The summed E-state index contributed by atoms with van der Waals surface area (Å²) in [7, 11) is 0. The lowest BCUT2D eigenvalue weighted by Gasteiger charge is -2.31. The number of aliphatic carboxylic acids is 1. The Morgan fingerprint density at radius 2 is 1.75 bits per heavy atom. The number of likely N-dealkylation sites (tertiary alicyclic amines) is 1. The van der Waals surface area contributed by atoms with Crippen LogP contribution in [0, 0.1) is 23.4 Å². The molecule has 0 aromatic heterocycles. The first-order valence-corrected chi connectivity index (χ1v) is 6.53. The molecule has 3 nitrogen and oxygen atoms in total. The molecule has 2 rings (SSSR count). The van der Waals surface area contributed by atoms with E-state index in [0.29, 0.717) is 19.2 Å². The van der Waals surface area contributed by atoms with E-state index in [1.165, 1.54) is 0 Å². The van der Waals surface area contributed by atoms with E-state index in [1.54, 1.807) is 0 Å². The molecule has 0 spiro atoms. The Morgan fingerprint density at radius 1 is 1.15 bits per heavy atom. The molecule has 1 aliphatic rings. The molecule has 0 saturated carbocycles. The summed E-state index contributed by atoms with van der Waals surface area (Å²) in [6, 6.07) is 1.44. The standard InChI is InChI=1S/C14H16F3NO2/c15-11-7-13(17)12(16)6-10(11)8-18-3-1-9(2-4-18)5-14(19)20/h6-7,9H,1-5,8H2,(H,19,20). The van der Waals surface area contributed by atoms with Crippen LogP contribution in [0.15, 0.2) is 12.1 Å². The van der Waals surface area contributed by atoms with Gasteiger partial charge in [-0.3, -0.25) is 9.69 Å². The van der Waals surface area contributed by atoms with Crippen LogP contribution in [-0.4, -0.2) is 29.1 Å². The first kappa shape index (κ1) is 14.8. The van der Waals surface area contributed by atoms with Crippen LogP contribution in [0.2, 0.25) is 0 Å². The predicted molar refractivity (Wildman–Crippen MR) is 66.6 cm³/mol. The summed E-state index contributed by atoms with van der Waals surface area (Å²) in [6.45, 7) is 1.48. The fraction of sp³-hybridized carbons (Fsp3) is 0.500. The van der Waals surface area contributed by atoms with Crippen molar-refractivity contribution in [3.63, 3.8) is 0 Å². The molecule has 6 heteroatoms. The van der Waals surface area contributed by atoms with Gasteiger partial charge in [-0.2, -0.15) is 0 Å². The molecule has 20 heavy (non-hydrogen) atoms. The van der Waals surface area contributed by atoms with Crippen molar-refractivity contribution in [1.29, 1.82) is 0 Å². The molecule has 1 aromatic carbocycles. The lowest BCUT2D eigenvalue weighted by atomic mass is 9.93. The van der Waals surface area contributed by atoms with Crippen LogP contribution in [0.1, 0.15) is 24.8 Å². The average Bonchev–Trinajstić information content (AvgIpc) is 2.37. The van der Waals surface area contributed by atoms with Gasteiger partial charge >= 0.3 is 5.97 Å². The van der Waals surface area contributed by atoms with Gasteiger partial charge < -0.3 is 5.11 Å². The van der Waals surface area contributed by atoms with E-state index in [9.17, 15) is 18.0 Å². The van der Waals surface area contributed by atoms with E-state index < -0.39 is 23.4 Å². The van der Waals surface area contributed by atoms with E-state index in [4.69, 9.17) is 5.11 Å². The minimum atomic E-state index is -1.19. The summed E-state index contributed by atoms with van der Waals surface area (Å²) in [4.78, 5) is 12.5. The molecule has 0 atom stereocenters. The summed E-state index contributed by atoms with van der Waals surface area (Å²) in [5.41, 5.74) is 0.126. The highest BCUT2D eigenvalue weighted by Gasteiger charge is 2.22. The first-order valence-electron chi connectivity index (χ1n) is 6.53. The zero-order chi connectivity index (χ0) is 14.7. The number of piperidine rings is 1. The van der Waals surface area contributed by atoms with Crippen molar-refractivity contribution in [2.45, 2.75) is 25.8 Å². The van der Waals surface area contributed by atoms with Gasteiger partial charge in [0, 0.05) is 24.6 Å². The van der Waals surface area contributed by atoms with Crippen molar-refractivity contribution in [2.75, 3.05) is 13.1 Å². The van der Waals surface area contributed by atoms with Gasteiger partial charge in [-0.05, 0) is 37.9 Å². The average molecular weight is 287 g/mol. The second kappa shape index (κ2) is 6.26. The second-order valence-corrected chi connectivity index (χ2v) is 5.18. The topological polar surface area (TPSA) is 40.5 Å². The summed E-state index contributed by atoms with van der Waals surface area (Å²) < 4.78 is 39.4. The zero-order valence-corrected chi connectivity index (χ0v) is 10.9. The fourth-order valence-corrected chi connectivity index (χ4v) is 2.52. The number of carbonyl (C=O) groups is 1. The van der Waals surface area contributed by atoms with Crippen molar-refractivity contribution in [3.05, 3.63) is 35.1 Å². The van der Waals surface area contributed by atoms with Gasteiger partial charge in [0.05, 0.1) is 0 Å². The van der Waals surface area contributed by atoms with Crippen LogP contribution >= 0.6 is 0 Å². The van der Waals surface area contributed by atoms with Crippen LogP contribution < -0.4 is 0 Å². The minimum absolute atomic E-state index is 0.126. The monoisotopic (exact) mass is 287 g/mol. The summed E-state index contributed by atoms with van der Waals surface area (Å²) in [5.74, 6) is -3.67. The minimum Gasteiger partial charge on any atom is -0.481 e. The molecule has 0 bridgehead atoms. The largest absolute Gasteiger partial charge is 0.481 e. The van der Waals surface area contributed by atoms with Crippen LogP contribution in [0.3, 0.4) is 0 Å². The van der Waals surface area contributed by atoms with Crippen molar-refractivity contribution < 1.29 is 23.1 Å². The molecule has 0 aliphatic carbocycles. The fourth-order valence-electron chi connectivity index (χ4n) is 2.52. The van der Waals surface area contributed by atoms with Crippen LogP contribution in [0.4, 0.5) is 13.2 Å². The summed E-state index contributed by atoms with van der Waals surface area (Å²) >= 11 is 0. The maximum absolute atomic E-state index is 13.5. The van der Waals surface area contributed by atoms with Gasteiger partial charge in [-0.15, -0.1) is 0 Å². The Kier molecular flexibility index (Phi) is 4.65. The second-order valence-electron chi connectivity index (χ2n) is 5.18. The van der Waals surface area contributed by atoms with E-state index in [0.717, 1.165) is 18.9 Å². The highest BCUT2D eigenvalue weighted by Crippen LogP contribution is 2.23. The number of halogens is 3. The maximum atomic E-state index is 13.5. The summed E-state index contributed by atoms with van der Waals surface area (Å²) in [6.07, 6.45) is 1.59. The van der Waals surface area contributed by atoms with E-state index in [1.807, 2.05) is 4.90 Å². The van der Waals surface area contributed by atoms with Crippen molar-refractivity contribution in [3.8, 4) is 0 Å². The van der Waals surface area contributed by atoms with Gasteiger partial charge in [0.15, 0.2) is 11.6 Å². The molecular formula is C14H16F3NO2. The first-order chi connectivity index (χ1) is 9.45. The van der Waals surface area contributed by atoms with Crippen LogP contribution in [-0.2, 0) is 11.3 Å². The maximum Gasteiger partial charge on any atom is 0.303 e. The Morgan fingerprint density at radius 3 is 2.35 bits per heavy atom. The summed E-state index contributed by atoms with van der Waals surface area (Å²) in [5, 5.41) is 8.72. The third kappa shape index (κ3) is 3.72. The quantitative estimate of drug-likeness (QED) is 0.866. The highest BCUT2D eigenvalue weighted by atomic mass is 19.2. The molecule has 1 aliphatic heterocycles. The number of rotatable bonds is 4.